The molecule has 2 rings (SSSR count). The van der Waals surface area contributed by atoms with Gasteiger partial charge in [0.1, 0.15) is 0 Å². The molecule has 1 aliphatic rings. The van der Waals surface area contributed by atoms with Crippen molar-refractivity contribution >= 4 is 38.9 Å². The summed E-state index contributed by atoms with van der Waals surface area (Å²) < 4.78 is 25.2. The van der Waals surface area contributed by atoms with Crippen molar-refractivity contribution in [2.24, 2.45) is 5.41 Å². The molecular weight excluding hydrogens is 324 g/mol. The van der Waals surface area contributed by atoms with Gasteiger partial charge in [0.2, 0.25) is 15.9 Å². The average Bonchev–Trinajstić information content (AvgIpc) is 2.45. The predicted molar refractivity (Wildman–Crippen MR) is 90.1 cm³/mol. The highest BCUT2D eigenvalue weighted by Gasteiger charge is 2.28. The number of anilines is 2. The molecule has 0 aliphatic carbocycles. The minimum absolute atomic E-state index is 0.191. The first-order chi connectivity index (χ1) is 10.1. The highest BCUT2D eigenvalue weighted by Crippen LogP contribution is 2.32. The number of benzene rings is 1. The van der Waals surface area contributed by atoms with Crippen LogP contribution in [0.1, 0.15) is 25.8 Å². The van der Waals surface area contributed by atoms with Gasteiger partial charge in [-0.2, -0.15) is 0 Å². The third kappa shape index (κ3) is 3.55. The van der Waals surface area contributed by atoms with Crippen molar-refractivity contribution in [1.82, 2.24) is 0 Å². The number of fused-ring (bicyclic) bond motifs is 1. The number of amides is 1. The SMILES string of the molecule is CC(C)(CCl)C(=O)Nc1ccc2c(c1)N(S(C)(=O)=O)CCC2. The van der Waals surface area contributed by atoms with Gasteiger partial charge in [-0.3, -0.25) is 9.10 Å². The molecule has 0 radical (unpaired) electrons. The molecule has 1 heterocycles. The number of alkyl halides is 1. The van der Waals surface area contributed by atoms with Crippen LogP contribution in [0.2, 0.25) is 0 Å². The zero-order valence-electron chi connectivity index (χ0n) is 13.0. The van der Waals surface area contributed by atoms with E-state index in [9.17, 15) is 13.2 Å². The normalized spacial score (nSPS) is 15.4. The van der Waals surface area contributed by atoms with Crippen molar-refractivity contribution in [3.05, 3.63) is 23.8 Å². The van der Waals surface area contributed by atoms with Gasteiger partial charge in [-0.15, -0.1) is 11.6 Å². The fourth-order valence-corrected chi connectivity index (χ4v) is 3.43. The van der Waals surface area contributed by atoms with Gasteiger partial charge in [0.15, 0.2) is 0 Å². The average molecular weight is 345 g/mol. The first-order valence-electron chi connectivity index (χ1n) is 7.13. The standard InChI is InChI=1S/C15H21ClN2O3S/c1-15(2,10-16)14(19)17-12-7-6-11-5-4-8-18(13(11)9-12)22(3,20)21/h6-7,9H,4-5,8,10H2,1-3H3,(H,17,19). The molecule has 0 saturated heterocycles. The molecule has 122 valence electrons. The first kappa shape index (κ1) is 17.1. The first-order valence-corrected chi connectivity index (χ1v) is 9.51. The number of nitrogens with zero attached hydrogens (tertiary/aromatic N) is 1. The number of hydrogen-bond acceptors (Lipinski definition) is 3. The fraction of sp³-hybridized carbons (Fsp3) is 0.533. The molecule has 1 aromatic carbocycles. The molecule has 1 N–H and O–H groups in total. The van der Waals surface area contributed by atoms with Crippen LogP contribution in [0.4, 0.5) is 11.4 Å². The Bertz CT molecular complexity index is 686. The van der Waals surface area contributed by atoms with Gasteiger partial charge in [0, 0.05) is 18.1 Å². The van der Waals surface area contributed by atoms with E-state index in [2.05, 4.69) is 5.32 Å². The number of carbonyl (C=O) groups excluding carboxylic acids is 1. The Morgan fingerprint density at radius 1 is 1.41 bits per heavy atom. The van der Waals surface area contributed by atoms with Gasteiger partial charge < -0.3 is 5.32 Å². The van der Waals surface area contributed by atoms with Crippen LogP contribution >= 0.6 is 11.6 Å². The van der Waals surface area contributed by atoms with E-state index in [1.165, 1.54) is 10.6 Å². The number of carbonyl (C=O) groups is 1. The Balaban J connectivity index is 2.33. The maximum atomic E-state index is 12.2. The maximum absolute atomic E-state index is 12.2. The zero-order chi connectivity index (χ0) is 16.5. The molecule has 0 fully saturated rings. The van der Waals surface area contributed by atoms with E-state index in [0.29, 0.717) is 17.9 Å². The lowest BCUT2D eigenvalue weighted by Gasteiger charge is -2.30. The summed E-state index contributed by atoms with van der Waals surface area (Å²) >= 11 is 5.80. The second-order valence-electron chi connectivity index (χ2n) is 6.25. The summed E-state index contributed by atoms with van der Waals surface area (Å²) in [6.45, 7) is 3.99. The second-order valence-corrected chi connectivity index (χ2v) is 8.43. The van der Waals surface area contributed by atoms with Gasteiger partial charge in [0.25, 0.3) is 0 Å². The summed E-state index contributed by atoms with van der Waals surface area (Å²) in [4.78, 5) is 12.2. The van der Waals surface area contributed by atoms with Crippen LogP contribution in [-0.2, 0) is 21.2 Å². The van der Waals surface area contributed by atoms with Crippen LogP contribution in [-0.4, -0.2) is 33.0 Å². The predicted octanol–water partition coefficient (Wildman–Crippen LogP) is 2.60. The molecule has 1 aromatic rings. The monoisotopic (exact) mass is 344 g/mol. The van der Waals surface area contributed by atoms with Crippen molar-refractivity contribution in [1.29, 1.82) is 0 Å². The van der Waals surface area contributed by atoms with Crippen molar-refractivity contribution < 1.29 is 13.2 Å². The second kappa shape index (κ2) is 6.08. The van der Waals surface area contributed by atoms with Crippen molar-refractivity contribution in [3.8, 4) is 0 Å². The number of hydrogen-bond donors (Lipinski definition) is 1. The Labute approximate surface area is 136 Å². The molecule has 0 saturated carbocycles. The number of halogens is 1. The molecule has 0 bridgehead atoms. The van der Waals surface area contributed by atoms with E-state index >= 15 is 0 Å². The third-order valence-electron chi connectivity index (χ3n) is 3.77. The lowest BCUT2D eigenvalue weighted by atomic mass is 9.95. The molecule has 7 heteroatoms. The Kier molecular flexibility index (Phi) is 4.73. The van der Waals surface area contributed by atoms with E-state index in [1.54, 1.807) is 26.0 Å². The molecular formula is C15H21ClN2O3S. The smallest absolute Gasteiger partial charge is 0.232 e. The van der Waals surface area contributed by atoms with Crippen molar-refractivity contribution in [2.75, 3.05) is 28.3 Å². The molecule has 5 nitrogen and oxygen atoms in total. The van der Waals surface area contributed by atoms with Crippen molar-refractivity contribution in [3.63, 3.8) is 0 Å². The highest BCUT2D eigenvalue weighted by atomic mass is 35.5. The quantitative estimate of drug-likeness (QED) is 0.854. The molecule has 0 unspecified atom stereocenters. The topological polar surface area (TPSA) is 66.5 Å². The Morgan fingerprint density at radius 3 is 2.68 bits per heavy atom. The van der Waals surface area contributed by atoms with Crippen molar-refractivity contribution in [2.45, 2.75) is 26.7 Å². The summed E-state index contributed by atoms with van der Waals surface area (Å²) in [6.07, 6.45) is 2.83. The summed E-state index contributed by atoms with van der Waals surface area (Å²) in [6, 6.07) is 5.39. The maximum Gasteiger partial charge on any atom is 0.232 e. The molecule has 22 heavy (non-hydrogen) atoms. The van der Waals surface area contributed by atoms with E-state index in [4.69, 9.17) is 11.6 Å². The van der Waals surface area contributed by atoms with Gasteiger partial charge in [-0.05, 0) is 44.4 Å². The van der Waals surface area contributed by atoms with Crippen LogP contribution in [0.5, 0.6) is 0 Å². The minimum atomic E-state index is -3.32. The van der Waals surface area contributed by atoms with Crippen LogP contribution in [0, 0.1) is 5.41 Å². The van der Waals surface area contributed by atoms with E-state index in [1.807, 2.05) is 6.07 Å². The zero-order valence-corrected chi connectivity index (χ0v) is 14.6. The number of aryl methyl sites for hydroxylation is 1. The van der Waals surface area contributed by atoms with Gasteiger partial charge in [-0.25, -0.2) is 8.42 Å². The van der Waals surface area contributed by atoms with Crippen LogP contribution in [0.3, 0.4) is 0 Å². The number of nitrogens with one attached hydrogen (secondary N) is 1. The lowest BCUT2D eigenvalue weighted by molar-refractivity contribution is -0.122. The van der Waals surface area contributed by atoms with Crippen LogP contribution in [0.15, 0.2) is 18.2 Å². The highest BCUT2D eigenvalue weighted by molar-refractivity contribution is 7.92. The van der Waals surface area contributed by atoms with E-state index in [-0.39, 0.29) is 11.8 Å². The Morgan fingerprint density at radius 2 is 2.09 bits per heavy atom. The van der Waals surface area contributed by atoms with Gasteiger partial charge in [0.05, 0.1) is 17.4 Å². The summed E-state index contributed by atoms with van der Waals surface area (Å²) in [5, 5.41) is 2.81. The minimum Gasteiger partial charge on any atom is -0.326 e. The van der Waals surface area contributed by atoms with Crippen LogP contribution in [0.25, 0.3) is 0 Å². The summed E-state index contributed by atoms with van der Waals surface area (Å²) in [5.74, 6) is 0.0170. The Hall–Kier alpha value is -1.27. The molecule has 0 atom stereocenters. The molecule has 1 amide bonds. The summed E-state index contributed by atoms with van der Waals surface area (Å²) in [5.41, 5.74) is 1.52. The van der Waals surface area contributed by atoms with Gasteiger partial charge in [-0.1, -0.05) is 6.07 Å². The lowest BCUT2D eigenvalue weighted by Crippen LogP contribution is -2.35. The number of rotatable bonds is 4. The molecule has 0 spiro atoms. The van der Waals surface area contributed by atoms with Gasteiger partial charge >= 0.3 is 0 Å². The van der Waals surface area contributed by atoms with E-state index in [0.717, 1.165) is 18.4 Å². The van der Waals surface area contributed by atoms with Crippen LogP contribution < -0.4 is 9.62 Å². The van der Waals surface area contributed by atoms with E-state index < -0.39 is 15.4 Å². The molecule has 0 aromatic heterocycles. The summed E-state index contributed by atoms with van der Waals surface area (Å²) in [7, 11) is -3.32. The molecule has 1 aliphatic heterocycles. The fourth-order valence-electron chi connectivity index (χ4n) is 2.32. The number of sulfonamides is 1. The third-order valence-corrected chi connectivity index (χ3v) is 5.62. The largest absolute Gasteiger partial charge is 0.326 e.